The molecule has 1 unspecified atom stereocenters. The molecule has 0 saturated carbocycles. The standard InChI is InChI=1S/C19H23N5O4.2ClH/c20-6-7-22-8-10-23(11-9-22)13-3-1-2-12-16(13)19(28)24(18(12)27)14-4-5-15(25)21-17(14)26;;/h1-3,14H,4-11,20H2,(H,21,25,26);2*1H. The van der Waals surface area contributed by atoms with E-state index in [2.05, 4.69) is 15.1 Å². The summed E-state index contributed by atoms with van der Waals surface area (Å²) in [5, 5.41) is 2.22. The summed E-state index contributed by atoms with van der Waals surface area (Å²) >= 11 is 0. The number of carbonyl (C=O) groups is 4. The van der Waals surface area contributed by atoms with Gasteiger partial charge in [0.05, 0.1) is 16.8 Å². The fourth-order valence-corrected chi connectivity index (χ4v) is 4.16. The van der Waals surface area contributed by atoms with Crippen LogP contribution in [0.2, 0.25) is 0 Å². The first kappa shape index (κ1) is 24.1. The molecule has 164 valence electrons. The average Bonchev–Trinajstić information content (AvgIpc) is 2.94. The van der Waals surface area contributed by atoms with Crippen molar-refractivity contribution in [2.45, 2.75) is 18.9 Å². The van der Waals surface area contributed by atoms with Crippen LogP contribution in [0.4, 0.5) is 5.69 Å². The van der Waals surface area contributed by atoms with Crippen molar-refractivity contribution in [1.82, 2.24) is 15.1 Å². The molecule has 3 aliphatic heterocycles. The van der Waals surface area contributed by atoms with Crippen LogP contribution in [0.3, 0.4) is 0 Å². The molecule has 0 aromatic heterocycles. The zero-order valence-electron chi connectivity index (χ0n) is 16.3. The van der Waals surface area contributed by atoms with E-state index in [0.29, 0.717) is 17.7 Å². The predicted molar refractivity (Wildman–Crippen MR) is 115 cm³/mol. The number of nitrogens with one attached hydrogen (secondary N) is 1. The highest BCUT2D eigenvalue weighted by molar-refractivity contribution is 6.25. The number of fused-ring (bicyclic) bond motifs is 1. The van der Waals surface area contributed by atoms with Crippen molar-refractivity contribution >= 4 is 54.1 Å². The lowest BCUT2D eigenvalue weighted by molar-refractivity contribution is -0.136. The number of piperidine rings is 1. The number of hydrogen-bond donors (Lipinski definition) is 2. The highest BCUT2D eigenvalue weighted by Crippen LogP contribution is 2.34. The second-order valence-corrected chi connectivity index (χ2v) is 7.26. The molecule has 11 heteroatoms. The lowest BCUT2D eigenvalue weighted by Crippen LogP contribution is -2.54. The van der Waals surface area contributed by atoms with Crippen LogP contribution in [0, 0.1) is 0 Å². The Kier molecular flexibility index (Phi) is 7.81. The Hall–Kier alpha value is -2.20. The largest absolute Gasteiger partial charge is 0.368 e. The lowest BCUT2D eigenvalue weighted by Gasteiger charge is -2.36. The molecule has 2 fully saturated rings. The summed E-state index contributed by atoms with van der Waals surface area (Å²) in [6.45, 7) is 4.57. The van der Waals surface area contributed by atoms with E-state index < -0.39 is 23.8 Å². The summed E-state index contributed by atoms with van der Waals surface area (Å²) in [7, 11) is 0. The Morgan fingerprint density at radius 1 is 1.00 bits per heavy atom. The minimum atomic E-state index is -0.945. The maximum Gasteiger partial charge on any atom is 0.264 e. The number of imide groups is 2. The highest BCUT2D eigenvalue weighted by Gasteiger charge is 2.46. The van der Waals surface area contributed by atoms with Crippen LogP contribution in [-0.4, -0.2) is 78.7 Å². The molecule has 30 heavy (non-hydrogen) atoms. The molecule has 4 amide bonds. The Morgan fingerprint density at radius 3 is 2.33 bits per heavy atom. The van der Waals surface area contributed by atoms with Gasteiger partial charge in [-0.2, -0.15) is 0 Å². The van der Waals surface area contributed by atoms with Crippen LogP contribution in [-0.2, 0) is 9.59 Å². The summed E-state index contributed by atoms with van der Waals surface area (Å²) < 4.78 is 0. The monoisotopic (exact) mass is 457 g/mol. The van der Waals surface area contributed by atoms with E-state index in [1.165, 1.54) is 0 Å². The topological polar surface area (TPSA) is 116 Å². The minimum absolute atomic E-state index is 0. The molecule has 0 bridgehead atoms. The first-order valence-electron chi connectivity index (χ1n) is 9.53. The number of nitrogens with two attached hydrogens (primary N) is 1. The number of halogens is 2. The summed E-state index contributed by atoms with van der Waals surface area (Å²) in [6, 6.07) is 4.28. The van der Waals surface area contributed by atoms with Gasteiger partial charge in [-0.3, -0.25) is 34.3 Å². The minimum Gasteiger partial charge on any atom is -0.368 e. The van der Waals surface area contributed by atoms with E-state index in [1.54, 1.807) is 12.1 Å². The molecule has 0 aliphatic carbocycles. The van der Waals surface area contributed by atoms with Crippen molar-refractivity contribution in [1.29, 1.82) is 0 Å². The van der Waals surface area contributed by atoms with Crippen LogP contribution < -0.4 is 16.0 Å². The number of carbonyl (C=O) groups excluding carboxylic acids is 4. The van der Waals surface area contributed by atoms with Gasteiger partial charge >= 0.3 is 0 Å². The van der Waals surface area contributed by atoms with E-state index in [-0.39, 0.29) is 43.6 Å². The van der Waals surface area contributed by atoms with E-state index >= 15 is 0 Å². The van der Waals surface area contributed by atoms with Crippen molar-refractivity contribution < 1.29 is 19.2 Å². The summed E-state index contributed by atoms with van der Waals surface area (Å²) in [6.07, 6.45) is 0.267. The van der Waals surface area contributed by atoms with Gasteiger partial charge in [0.25, 0.3) is 11.8 Å². The first-order chi connectivity index (χ1) is 13.5. The van der Waals surface area contributed by atoms with Gasteiger partial charge in [-0.05, 0) is 18.6 Å². The molecular formula is C19H25Cl2N5O4. The molecule has 3 heterocycles. The SMILES string of the molecule is Cl.Cl.NCCN1CCN(c2cccc3c2C(=O)N(C2CCC(=O)NC2=O)C3=O)CC1. The second kappa shape index (κ2) is 9.74. The number of nitrogens with zero attached hydrogens (tertiary/aromatic N) is 3. The Labute approximate surface area is 186 Å². The van der Waals surface area contributed by atoms with Crippen LogP contribution in [0.25, 0.3) is 0 Å². The molecule has 4 rings (SSSR count). The highest BCUT2D eigenvalue weighted by atomic mass is 35.5. The molecule has 1 aromatic rings. The number of amides is 4. The fraction of sp³-hybridized carbons (Fsp3) is 0.474. The molecule has 3 N–H and O–H groups in total. The summed E-state index contributed by atoms with van der Waals surface area (Å²) in [4.78, 5) is 55.1. The van der Waals surface area contributed by atoms with Crippen molar-refractivity contribution in [3.8, 4) is 0 Å². The zero-order chi connectivity index (χ0) is 19.8. The van der Waals surface area contributed by atoms with Crippen LogP contribution in [0.15, 0.2) is 18.2 Å². The molecular weight excluding hydrogens is 433 g/mol. The third-order valence-corrected chi connectivity index (χ3v) is 5.60. The molecule has 3 aliphatic rings. The number of hydrogen-bond acceptors (Lipinski definition) is 7. The van der Waals surface area contributed by atoms with Crippen LogP contribution >= 0.6 is 24.8 Å². The zero-order valence-corrected chi connectivity index (χ0v) is 18.0. The molecule has 1 aromatic carbocycles. The molecule has 0 radical (unpaired) electrons. The van der Waals surface area contributed by atoms with Gasteiger partial charge in [-0.15, -0.1) is 24.8 Å². The van der Waals surface area contributed by atoms with Crippen molar-refractivity contribution in [2.24, 2.45) is 5.73 Å². The number of benzene rings is 1. The molecule has 0 spiro atoms. The van der Waals surface area contributed by atoms with E-state index in [0.717, 1.165) is 43.3 Å². The van der Waals surface area contributed by atoms with Gasteiger partial charge in [0.1, 0.15) is 6.04 Å². The number of piperazine rings is 1. The number of rotatable bonds is 4. The summed E-state index contributed by atoms with van der Waals surface area (Å²) in [5.41, 5.74) is 7.01. The van der Waals surface area contributed by atoms with Crippen LogP contribution in [0.1, 0.15) is 33.6 Å². The normalized spacial score (nSPS) is 21.7. The van der Waals surface area contributed by atoms with E-state index in [9.17, 15) is 19.2 Å². The number of anilines is 1. The van der Waals surface area contributed by atoms with E-state index in [1.807, 2.05) is 6.07 Å². The third kappa shape index (κ3) is 4.15. The first-order valence-corrected chi connectivity index (χ1v) is 9.53. The van der Waals surface area contributed by atoms with Gasteiger partial charge in [-0.25, -0.2) is 0 Å². The van der Waals surface area contributed by atoms with Gasteiger partial charge in [0, 0.05) is 45.7 Å². The molecule has 9 nitrogen and oxygen atoms in total. The van der Waals surface area contributed by atoms with Crippen molar-refractivity contribution in [3.05, 3.63) is 29.3 Å². The van der Waals surface area contributed by atoms with Crippen molar-refractivity contribution in [3.63, 3.8) is 0 Å². The van der Waals surface area contributed by atoms with Crippen LogP contribution in [0.5, 0.6) is 0 Å². The average molecular weight is 458 g/mol. The Balaban J connectivity index is 0.00000160. The van der Waals surface area contributed by atoms with E-state index in [4.69, 9.17) is 5.73 Å². The quantitative estimate of drug-likeness (QED) is 0.611. The van der Waals surface area contributed by atoms with Crippen molar-refractivity contribution in [2.75, 3.05) is 44.2 Å². The fourth-order valence-electron chi connectivity index (χ4n) is 4.16. The second-order valence-electron chi connectivity index (χ2n) is 7.26. The predicted octanol–water partition coefficient (Wildman–Crippen LogP) is 0.0121. The van der Waals surface area contributed by atoms with Gasteiger partial charge in [0.15, 0.2) is 0 Å². The maximum absolute atomic E-state index is 13.2. The Bertz CT molecular complexity index is 857. The lowest BCUT2D eigenvalue weighted by atomic mass is 10.0. The smallest absolute Gasteiger partial charge is 0.264 e. The molecule has 1 atom stereocenters. The third-order valence-electron chi connectivity index (χ3n) is 5.60. The molecule has 2 saturated heterocycles. The van der Waals surface area contributed by atoms with Gasteiger partial charge in [-0.1, -0.05) is 6.07 Å². The summed E-state index contributed by atoms with van der Waals surface area (Å²) in [5.74, 6) is -1.91. The van der Waals surface area contributed by atoms with Gasteiger partial charge < -0.3 is 10.6 Å². The maximum atomic E-state index is 13.2. The van der Waals surface area contributed by atoms with Gasteiger partial charge in [0.2, 0.25) is 11.8 Å². The Morgan fingerprint density at radius 2 is 1.70 bits per heavy atom.